The van der Waals surface area contributed by atoms with E-state index >= 15 is 0 Å². The van der Waals surface area contributed by atoms with Crippen LogP contribution in [0.4, 0.5) is 0 Å². The van der Waals surface area contributed by atoms with Gasteiger partial charge in [-0.3, -0.25) is 37.3 Å². The van der Waals surface area contributed by atoms with Gasteiger partial charge >= 0.3 is 39.5 Å². The van der Waals surface area contributed by atoms with E-state index < -0.39 is 97.5 Å². The highest BCUT2D eigenvalue weighted by Crippen LogP contribution is 2.45. The Morgan fingerprint density at radius 2 is 0.490 bits per heavy atom. The van der Waals surface area contributed by atoms with E-state index in [0.717, 1.165) is 120 Å². The number of aliphatic hydroxyl groups excluding tert-OH is 1. The van der Waals surface area contributed by atoms with Crippen LogP contribution in [-0.2, 0) is 65.4 Å². The quantitative estimate of drug-likeness (QED) is 0.0222. The lowest BCUT2D eigenvalue weighted by Gasteiger charge is -2.21. The minimum Gasteiger partial charge on any atom is -0.462 e. The van der Waals surface area contributed by atoms with Gasteiger partial charge in [0.15, 0.2) is 12.2 Å². The Bertz CT molecular complexity index is 1920. The van der Waals surface area contributed by atoms with Gasteiger partial charge in [0.25, 0.3) is 0 Å². The van der Waals surface area contributed by atoms with Crippen molar-refractivity contribution in [3.8, 4) is 0 Å². The Kier molecular flexibility index (Phi) is 66.8. The Morgan fingerprint density at radius 1 is 0.286 bits per heavy atom. The van der Waals surface area contributed by atoms with Gasteiger partial charge in [-0.15, -0.1) is 0 Å². The van der Waals surface area contributed by atoms with Gasteiger partial charge in [0, 0.05) is 25.7 Å². The molecule has 0 saturated carbocycles. The molecule has 0 heterocycles. The predicted molar refractivity (Wildman–Crippen MR) is 400 cm³/mol. The average molecular weight is 1440 g/mol. The first-order chi connectivity index (χ1) is 47.2. The molecule has 0 fully saturated rings. The van der Waals surface area contributed by atoms with E-state index in [1.807, 2.05) is 0 Å². The molecule has 0 aromatic rings. The van der Waals surface area contributed by atoms with Crippen molar-refractivity contribution >= 4 is 39.5 Å². The number of hydrogen-bond donors (Lipinski definition) is 3. The van der Waals surface area contributed by atoms with E-state index in [1.54, 1.807) is 0 Å². The Hall–Kier alpha value is -1.94. The number of hydrogen-bond acceptors (Lipinski definition) is 15. The summed E-state index contributed by atoms with van der Waals surface area (Å²) < 4.78 is 68.6. The summed E-state index contributed by atoms with van der Waals surface area (Å²) in [4.78, 5) is 72.9. The number of aliphatic hydroxyl groups is 1. The number of carbonyl (C=O) groups is 4. The molecule has 0 radical (unpaired) electrons. The molecular weight excluding hydrogens is 1280 g/mol. The number of phosphoric acid groups is 2. The molecule has 0 amide bonds. The van der Waals surface area contributed by atoms with Crippen molar-refractivity contribution in [1.82, 2.24) is 0 Å². The number of unbranched alkanes of at least 4 members (excludes halogenated alkanes) is 40. The van der Waals surface area contributed by atoms with Crippen LogP contribution >= 0.6 is 15.6 Å². The molecule has 0 aliphatic rings. The Morgan fingerprint density at radius 3 is 0.724 bits per heavy atom. The van der Waals surface area contributed by atoms with Crippen LogP contribution in [0.2, 0.25) is 0 Å². The van der Waals surface area contributed by atoms with Crippen LogP contribution in [0.25, 0.3) is 0 Å². The van der Waals surface area contributed by atoms with Crippen LogP contribution in [0.5, 0.6) is 0 Å². The molecule has 19 heteroatoms. The van der Waals surface area contributed by atoms with Crippen molar-refractivity contribution < 1.29 is 80.2 Å². The zero-order valence-electron chi connectivity index (χ0n) is 64.4. The molecule has 0 bridgehead atoms. The number of ether oxygens (including phenoxy) is 4. The van der Waals surface area contributed by atoms with Gasteiger partial charge < -0.3 is 33.8 Å². The zero-order valence-corrected chi connectivity index (χ0v) is 66.2. The Balaban J connectivity index is 5.21. The molecule has 582 valence electrons. The van der Waals surface area contributed by atoms with Crippen LogP contribution in [0.1, 0.15) is 402 Å². The van der Waals surface area contributed by atoms with Crippen molar-refractivity contribution in [2.24, 2.45) is 23.7 Å². The summed E-state index contributed by atoms with van der Waals surface area (Å²) in [6, 6.07) is 0. The number of phosphoric ester groups is 2. The molecule has 0 saturated heterocycles. The standard InChI is InChI=1S/C79H154O17P2/c1-9-71(7)57-49-41-33-27-21-17-14-15-19-23-29-35-45-53-61-78(83)96-75(66-90-77(82)60-52-44-38-37-42-50-58-72(8)10-2)68-94-98(87,88)92-64-73(80)63-91-97(85,86)93-67-74(95-79(84)62-54-46-36-30-24-26-32-40-48-56-70(5)6)65-89-76(81)59-51-43-34-28-22-18-13-11-12-16-20-25-31-39-47-55-69(3)4/h69-75,80H,9-68H2,1-8H3,(H,85,86)(H,87,88)/t71?,72?,73-,74-,75-/m1/s1. The first-order valence-electron chi connectivity index (χ1n) is 40.8. The third kappa shape index (κ3) is 69.8. The fourth-order valence-corrected chi connectivity index (χ4v) is 13.6. The summed E-state index contributed by atoms with van der Waals surface area (Å²) in [5, 5.41) is 10.6. The molecule has 0 aliphatic heterocycles. The average Bonchev–Trinajstić information content (AvgIpc) is 0.931. The third-order valence-corrected chi connectivity index (χ3v) is 20.9. The summed E-state index contributed by atoms with van der Waals surface area (Å²) in [6.07, 6.45) is 54.1. The van der Waals surface area contributed by atoms with Crippen LogP contribution < -0.4 is 0 Å². The van der Waals surface area contributed by atoms with Crippen molar-refractivity contribution in [3.63, 3.8) is 0 Å². The molecule has 17 nitrogen and oxygen atoms in total. The Labute approximate surface area is 600 Å². The molecule has 0 aromatic heterocycles. The molecule has 0 spiro atoms. The lowest BCUT2D eigenvalue weighted by Crippen LogP contribution is -2.30. The van der Waals surface area contributed by atoms with E-state index in [1.165, 1.54) is 199 Å². The molecule has 0 rings (SSSR count). The summed E-state index contributed by atoms with van der Waals surface area (Å²) in [7, 11) is -9.92. The fourth-order valence-electron chi connectivity index (χ4n) is 12.0. The molecule has 4 unspecified atom stereocenters. The molecule has 7 atom stereocenters. The summed E-state index contributed by atoms with van der Waals surface area (Å²) in [6.45, 7) is 14.2. The minimum absolute atomic E-state index is 0.105. The van der Waals surface area contributed by atoms with Crippen LogP contribution in [0.15, 0.2) is 0 Å². The van der Waals surface area contributed by atoms with Crippen molar-refractivity contribution in [2.45, 2.75) is 420 Å². The summed E-state index contributed by atoms with van der Waals surface area (Å²) >= 11 is 0. The van der Waals surface area contributed by atoms with Crippen LogP contribution in [-0.4, -0.2) is 96.7 Å². The van der Waals surface area contributed by atoms with E-state index in [4.69, 9.17) is 37.0 Å². The number of rotatable bonds is 76. The molecule has 0 aromatic carbocycles. The third-order valence-electron chi connectivity index (χ3n) is 19.0. The van der Waals surface area contributed by atoms with E-state index in [2.05, 4.69) is 55.4 Å². The van der Waals surface area contributed by atoms with Crippen molar-refractivity contribution in [1.29, 1.82) is 0 Å². The predicted octanol–water partition coefficient (Wildman–Crippen LogP) is 23.2. The van der Waals surface area contributed by atoms with Gasteiger partial charge in [0.1, 0.15) is 19.3 Å². The maximum absolute atomic E-state index is 13.1. The second kappa shape index (κ2) is 68.2. The number of esters is 4. The van der Waals surface area contributed by atoms with Crippen LogP contribution in [0, 0.1) is 23.7 Å². The van der Waals surface area contributed by atoms with Gasteiger partial charge in [0.2, 0.25) is 0 Å². The van der Waals surface area contributed by atoms with Gasteiger partial charge in [-0.25, -0.2) is 9.13 Å². The van der Waals surface area contributed by atoms with Gasteiger partial charge in [-0.1, -0.05) is 351 Å². The SMILES string of the molecule is CCC(C)CCCCCCCCCCCCCCCCC(=O)O[C@H](COC(=O)CCCCCCCCC(C)CC)COP(=O)(O)OC[C@H](O)COP(=O)(O)OC[C@@H](COC(=O)CCCCCCCCCCCCCCCCCC(C)C)OC(=O)CCCCCCCCCCCC(C)C. The largest absolute Gasteiger partial charge is 0.472 e. The minimum atomic E-state index is -4.96. The lowest BCUT2D eigenvalue weighted by atomic mass is 9.99. The highest BCUT2D eigenvalue weighted by molar-refractivity contribution is 7.47. The smallest absolute Gasteiger partial charge is 0.462 e. The first-order valence-corrected chi connectivity index (χ1v) is 43.8. The molecule has 0 aliphatic carbocycles. The van der Waals surface area contributed by atoms with Crippen molar-refractivity contribution in [3.05, 3.63) is 0 Å². The van der Waals surface area contributed by atoms with E-state index in [-0.39, 0.29) is 25.7 Å². The zero-order chi connectivity index (χ0) is 72.4. The monoisotopic (exact) mass is 1440 g/mol. The summed E-state index contributed by atoms with van der Waals surface area (Å²) in [5.74, 6) is 1.00. The number of carbonyl (C=O) groups excluding carboxylic acids is 4. The topological polar surface area (TPSA) is 237 Å². The summed E-state index contributed by atoms with van der Waals surface area (Å²) in [5.41, 5.74) is 0. The van der Waals surface area contributed by atoms with Gasteiger partial charge in [-0.2, -0.15) is 0 Å². The maximum atomic E-state index is 13.1. The van der Waals surface area contributed by atoms with E-state index in [9.17, 15) is 43.2 Å². The highest BCUT2D eigenvalue weighted by atomic mass is 31.2. The van der Waals surface area contributed by atoms with E-state index in [0.29, 0.717) is 25.7 Å². The second-order valence-electron chi connectivity index (χ2n) is 29.9. The maximum Gasteiger partial charge on any atom is 0.472 e. The first kappa shape index (κ1) is 96.1. The van der Waals surface area contributed by atoms with Crippen molar-refractivity contribution in [2.75, 3.05) is 39.6 Å². The van der Waals surface area contributed by atoms with Gasteiger partial charge in [-0.05, 0) is 49.4 Å². The second-order valence-corrected chi connectivity index (χ2v) is 32.8. The molecular formula is C79H154O17P2. The van der Waals surface area contributed by atoms with Gasteiger partial charge in [0.05, 0.1) is 26.4 Å². The lowest BCUT2D eigenvalue weighted by molar-refractivity contribution is -0.161. The normalized spacial score (nSPS) is 14.6. The molecule has 3 N–H and O–H groups in total. The van der Waals surface area contributed by atoms with Crippen LogP contribution in [0.3, 0.4) is 0 Å². The highest BCUT2D eigenvalue weighted by Gasteiger charge is 2.30. The fraction of sp³-hybridized carbons (Fsp3) is 0.949. The molecule has 98 heavy (non-hydrogen) atoms.